The van der Waals surface area contributed by atoms with E-state index in [1.807, 2.05) is 26.2 Å². The van der Waals surface area contributed by atoms with Gasteiger partial charge >= 0.3 is 0 Å². The van der Waals surface area contributed by atoms with Crippen molar-refractivity contribution in [1.82, 2.24) is 4.98 Å². The highest BCUT2D eigenvalue weighted by Crippen LogP contribution is 2.15. The van der Waals surface area contributed by atoms with Gasteiger partial charge in [-0.25, -0.2) is 4.98 Å². The third-order valence-electron chi connectivity index (χ3n) is 1.89. The molecule has 0 aliphatic carbocycles. The molecule has 1 unspecified atom stereocenters. The maximum atomic E-state index is 9.69. The molecule has 0 radical (unpaired) electrons. The lowest BCUT2D eigenvalue weighted by Crippen LogP contribution is -2.46. The van der Waals surface area contributed by atoms with Crippen molar-refractivity contribution < 1.29 is 5.11 Å². The van der Waals surface area contributed by atoms with Crippen molar-refractivity contribution in [2.24, 2.45) is 5.73 Å². The Morgan fingerprint density at radius 3 is 2.69 bits per heavy atom. The molecular weight excluding hydrogens is 184 g/mol. The second-order valence-corrected chi connectivity index (χ2v) is 4.87. The fourth-order valence-corrected chi connectivity index (χ4v) is 1.73. The Morgan fingerprint density at radius 2 is 2.31 bits per heavy atom. The Balaban J connectivity index is 2.60. The van der Waals surface area contributed by atoms with Gasteiger partial charge in [0, 0.05) is 23.0 Å². The maximum absolute atomic E-state index is 9.69. The van der Waals surface area contributed by atoms with Gasteiger partial charge in [-0.2, -0.15) is 0 Å². The van der Waals surface area contributed by atoms with Gasteiger partial charge in [-0.1, -0.05) is 0 Å². The highest BCUT2D eigenvalue weighted by atomic mass is 32.1. The van der Waals surface area contributed by atoms with Gasteiger partial charge in [0.1, 0.15) is 0 Å². The molecule has 0 aromatic carbocycles. The normalized spacial score (nSPS) is 14.5. The summed E-state index contributed by atoms with van der Waals surface area (Å²) < 4.78 is 0. The lowest BCUT2D eigenvalue weighted by Gasteiger charge is -2.24. The van der Waals surface area contributed by atoms with Crippen LogP contribution in [0.2, 0.25) is 0 Å². The van der Waals surface area contributed by atoms with Crippen LogP contribution in [0.3, 0.4) is 0 Å². The van der Waals surface area contributed by atoms with Crippen LogP contribution >= 0.6 is 11.3 Å². The minimum absolute atomic E-state index is 0.530. The molecule has 0 saturated heterocycles. The van der Waals surface area contributed by atoms with Gasteiger partial charge in [-0.15, -0.1) is 11.3 Å². The predicted octanol–water partition coefficient (Wildman–Crippen LogP) is 1.09. The second-order valence-electron chi connectivity index (χ2n) is 3.92. The van der Waals surface area contributed by atoms with Crippen LogP contribution in [0, 0.1) is 6.92 Å². The quantitative estimate of drug-likeness (QED) is 0.768. The summed E-state index contributed by atoms with van der Waals surface area (Å²) in [5.74, 6) is 0. The highest BCUT2D eigenvalue weighted by molar-refractivity contribution is 7.09. The SMILES string of the molecule is Cc1csc(CC(O)C(C)(C)N)n1. The molecule has 0 saturated carbocycles. The number of rotatable bonds is 3. The van der Waals surface area contributed by atoms with Gasteiger partial charge in [0.2, 0.25) is 0 Å². The molecule has 1 aromatic rings. The molecule has 0 spiro atoms. The summed E-state index contributed by atoms with van der Waals surface area (Å²) in [4.78, 5) is 4.27. The lowest BCUT2D eigenvalue weighted by molar-refractivity contribution is 0.104. The van der Waals surface area contributed by atoms with Crippen molar-refractivity contribution in [3.8, 4) is 0 Å². The fraction of sp³-hybridized carbons (Fsp3) is 0.667. The van der Waals surface area contributed by atoms with Gasteiger partial charge in [0.15, 0.2) is 0 Å². The molecule has 0 amide bonds. The molecule has 1 aromatic heterocycles. The Hall–Kier alpha value is -0.450. The van der Waals surface area contributed by atoms with E-state index in [-0.39, 0.29) is 0 Å². The molecule has 3 N–H and O–H groups in total. The lowest BCUT2D eigenvalue weighted by atomic mass is 9.97. The van der Waals surface area contributed by atoms with E-state index < -0.39 is 11.6 Å². The Kier molecular flexibility index (Phi) is 3.05. The van der Waals surface area contributed by atoms with Crippen LogP contribution in [-0.2, 0) is 6.42 Å². The van der Waals surface area contributed by atoms with Crippen molar-refractivity contribution in [2.45, 2.75) is 38.8 Å². The number of hydrogen-bond acceptors (Lipinski definition) is 4. The maximum Gasteiger partial charge on any atom is 0.0954 e. The van der Waals surface area contributed by atoms with Crippen LogP contribution < -0.4 is 5.73 Å². The van der Waals surface area contributed by atoms with Crippen molar-refractivity contribution in [1.29, 1.82) is 0 Å². The summed E-state index contributed by atoms with van der Waals surface area (Å²) in [6.45, 7) is 5.58. The van der Waals surface area contributed by atoms with Crippen molar-refractivity contribution in [2.75, 3.05) is 0 Å². The van der Waals surface area contributed by atoms with E-state index in [1.54, 1.807) is 11.3 Å². The molecule has 0 fully saturated rings. The summed E-state index contributed by atoms with van der Waals surface area (Å²) in [5.41, 5.74) is 6.21. The summed E-state index contributed by atoms with van der Waals surface area (Å²) in [7, 11) is 0. The summed E-state index contributed by atoms with van der Waals surface area (Å²) in [6, 6.07) is 0. The average Bonchev–Trinajstić information content (AvgIpc) is 2.33. The molecule has 1 heterocycles. The number of aliphatic hydroxyl groups excluding tert-OH is 1. The minimum atomic E-state index is -0.556. The van der Waals surface area contributed by atoms with Gasteiger partial charge in [-0.05, 0) is 20.8 Å². The molecule has 0 bridgehead atoms. The number of aromatic nitrogens is 1. The largest absolute Gasteiger partial charge is 0.391 e. The fourth-order valence-electron chi connectivity index (χ4n) is 0.925. The average molecular weight is 200 g/mol. The van der Waals surface area contributed by atoms with E-state index in [4.69, 9.17) is 5.73 Å². The molecule has 3 nitrogen and oxygen atoms in total. The Morgan fingerprint density at radius 1 is 1.69 bits per heavy atom. The van der Waals surface area contributed by atoms with E-state index in [2.05, 4.69) is 4.98 Å². The molecular formula is C9H16N2OS. The summed E-state index contributed by atoms with van der Waals surface area (Å²) in [5, 5.41) is 12.6. The van der Waals surface area contributed by atoms with Crippen molar-refractivity contribution in [3.05, 3.63) is 16.1 Å². The first kappa shape index (κ1) is 10.6. The van der Waals surface area contributed by atoms with Crippen LogP contribution in [0.1, 0.15) is 24.5 Å². The summed E-state index contributed by atoms with van der Waals surface area (Å²) in [6.07, 6.45) is 0.0141. The van der Waals surface area contributed by atoms with E-state index >= 15 is 0 Å². The molecule has 13 heavy (non-hydrogen) atoms. The number of thiazole rings is 1. The monoisotopic (exact) mass is 200 g/mol. The third kappa shape index (κ3) is 3.06. The van der Waals surface area contributed by atoms with Crippen LogP contribution in [0.25, 0.3) is 0 Å². The molecule has 4 heteroatoms. The standard InChI is InChI=1S/C9H16N2OS/c1-6-5-13-8(11-6)4-7(12)9(2,3)10/h5,7,12H,4,10H2,1-3H3. The Labute approximate surface area is 82.6 Å². The number of nitrogens with two attached hydrogens (primary N) is 1. The van der Waals surface area contributed by atoms with Crippen molar-refractivity contribution >= 4 is 11.3 Å². The van der Waals surface area contributed by atoms with E-state index in [0.717, 1.165) is 10.7 Å². The first-order valence-electron chi connectivity index (χ1n) is 4.27. The third-order valence-corrected chi connectivity index (χ3v) is 2.88. The molecule has 74 valence electrons. The van der Waals surface area contributed by atoms with Crippen LogP contribution in [0.4, 0.5) is 0 Å². The molecule has 0 aliphatic rings. The van der Waals surface area contributed by atoms with E-state index in [9.17, 15) is 5.11 Å². The Bertz CT molecular complexity index is 277. The second kappa shape index (κ2) is 3.74. The topological polar surface area (TPSA) is 59.1 Å². The zero-order valence-corrected chi connectivity index (χ0v) is 9.06. The summed E-state index contributed by atoms with van der Waals surface area (Å²) >= 11 is 1.57. The van der Waals surface area contributed by atoms with E-state index in [0.29, 0.717) is 6.42 Å². The molecule has 1 rings (SSSR count). The highest BCUT2D eigenvalue weighted by Gasteiger charge is 2.23. The first-order chi connectivity index (χ1) is 5.89. The van der Waals surface area contributed by atoms with Gasteiger partial charge in [0.05, 0.1) is 11.1 Å². The smallest absolute Gasteiger partial charge is 0.0954 e. The van der Waals surface area contributed by atoms with Gasteiger partial charge in [0.25, 0.3) is 0 Å². The van der Waals surface area contributed by atoms with Crippen LogP contribution in [0.15, 0.2) is 5.38 Å². The zero-order chi connectivity index (χ0) is 10.1. The van der Waals surface area contributed by atoms with Gasteiger partial charge in [-0.3, -0.25) is 0 Å². The number of aryl methyl sites for hydroxylation is 1. The number of hydrogen-bond donors (Lipinski definition) is 2. The first-order valence-corrected chi connectivity index (χ1v) is 5.15. The minimum Gasteiger partial charge on any atom is -0.391 e. The van der Waals surface area contributed by atoms with E-state index in [1.165, 1.54) is 0 Å². The number of aliphatic hydroxyl groups is 1. The van der Waals surface area contributed by atoms with Crippen LogP contribution in [0.5, 0.6) is 0 Å². The molecule has 0 aliphatic heterocycles. The predicted molar refractivity (Wildman–Crippen MR) is 54.8 cm³/mol. The van der Waals surface area contributed by atoms with Gasteiger partial charge < -0.3 is 10.8 Å². The molecule has 1 atom stereocenters. The number of nitrogens with zero attached hydrogens (tertiary/aromatic N) is 1. The van der Waals surface area contributed by atoms with Crippen molar-refractivity contribution in [3.63, 3.8) is 0 Å². The zero-order valence-electron chi connectivity index (χ0n) is 8.24. The van der Waals surface area contributed by atoms with Crippen LogP contribution in [-0.4, -0.2) is 21.7 Å².